The van der Waals surface area contributed by atoms with Crippen molar-refractivity contribution in [1.82, 2.24) is 14.7 Å². The summed E-state index contributed by atoms with van der Waals surface area (Å²) in [6, 6.07) is 20.0. The number of nitrogens with one attached hydrogen (secondary N) is 1. The lowest BCUT2D eigenvalue weighted by atomic mass is 10.2. The first-order valence-electron chi connectivity index (χ1n) is 12.0. The predicted octanol–water partition coefficient (Wildman–Crippen LogP) is 4.33. The number of hydrogen-bond donors (Lipinski definition) is 1. The van der Waals surface area contributed by atoms with Gasteiger partial charge in [0.25, 0.3) is 0 Å². The summed E-state index contributed by atoms with van der Waals surface area (Å²) in [6.07, 6.45) is 1.59. The third kappa shape index (κ3) is 7.84. The predicted molar refractivity (Wildman–Crippen MR) is 139 cm³/mol. The molecule has 36 heavy (non-hydrogen) atoms. The molecular weight excluding hydrogens is 480 g/mol. The Morgan fingerprint density at radius 1 is 0.917 bits per heavy atom. The third-order valence-corrected chi connectivity index (χ3v) is 6.25. The van der Waals surface area contributed by atoms with E-state index in [1.54, 1.807) is 46.4 Å². The number of anilines is 1. The molecule has 1 saturated heterocycles. The van der Waals surface area contributed by atoms with Crippen LogP contribution >= 0.6 is 11.6 Å². The van der Waals surface area contributed by atoms with Crippen molar-refractivity contribution in [2.45, 2.75) is 13.1 Å². The highest BCUT2D eigenvalue weighted by atomic mass is 35.5. The fourth-order valence-corrected chi connectivity index (χ4v) is 4.09. The van der Waals surface area contributed by atoms with Crippen LogP contribution in [0.5, 0.6) is 0 Å². The number of urea groups is 1. The van der Waals surface area contributed by atoms with E-state index in [-0.39, 0.29) is 18.5 Å². The molecule has 0 aliphatic carbocycles. The smallest absolute Gasteiger partial charge is 0.322 e. The Labute approximate surface area is 216 Å². The molecule has 1 aromatic heterocycles. The molecule has 1 fully saturated rings. The summed E-state index contributed by atoms with van der Waals surface area (Å²) < 4.78 is 10.9. The first-order valence-corrected chi connectivity index (χ1v) is 12.4. The molecule has 0 radical (unpaired) electrons. The molecule has 2 aromatic carbocycles. The summed E-state index contributed by atoms with van der Waals surface area (Å²) in [5.41, 5.74) is 1.62. The second kappa shape index (κ2) is 13.1. The normalized spacial score (nSPS) is 13.8. The van der Waals surface area contributed by atoms with E-state index in [1.165, 1.54) is 0 Å². The first-order chi connectivity index (χ1) is 17.6. The monoisotopic (exact) mass is 510 g/mol. The van der Waals surface area contributed by atoms with Crippen molar-refractivity contribution in [3.8, 4) is 0 Å². The van der Waals surface area contributed by atoms with Gasteiger partial charge in [0.15, 0.2) is 0 Å². The number of benzene rings is 2. The zero-order valence-corrected chi connectivity index (χ0v) is 20.9. The van der Waals surface area contributed by atoms with Crippen molar-refractivity contribution < 1.29 is 18.7 Å². The van der Waals surface area contributed by atoms with Gasteiger partial charge in [0, 0.05) is 43.4 Å². The number of hydrogen-bond acceptors (Lipinski definition) is 5. The summed E-state index contributed by atoms with van der Waals surface area (Å²) in [7, 11) is 0. The molecule has 4 rings (SSSR count). The van der Waals surface area contributed by atoms with Crippen LogP contribution in [0.1, 0.15) is 11.3 Å². The van der Waals surface area contributed by atoms with Gasteiger partial charge in [-0.3, -0.25) is 9.69 Å². The fourth-order valence-electron chi connectivity index (χ4n) is 3.97. The number of carbonyl (C=O) groups excluding carboxylic acids is 2. The van der Waals surface area contributed by atoms with Crippen LogP contribution in [0.4, 0.5) is 10.5 Å². The lowest BCUT2D eigenvalue weighted by Gasteiger charge is -2.31. The molecule has 3 aromatic rings. The number of rotatable bonds is 10. The molecule has 3 amide bonds. The molecule has 0 bridgehead atoms. The molecule has 1 aliphatic heterocycles. The molecule has 8 nitrogen and oxygen atoms in total. The van der Waals surface area contributed by atoms with E-state index in [1.807, 2.05) is 36.4 Å². The van der Waals surface area contributed by atoms with Gasteiger partial charge in [0.05, 0.1) is 26.0 Å². The van der Waals surface area contributed by atoms with Gasteiger partial charge in [0.2, 0.25) is 5.91 Å². The zero-order valence-electron chi connectivity index (χ0n) is 20.1. The van der Waals surface area contributed by atoms with Crippen molar-refractivity contribution in [2.75, 3.05) is 51.3 Å². The Morgan fingerprint density at radius 3 is 2.36 bits per heavy atom. The van der Waals surface area contributed by atoms with Gasteiger partial charge in [-0.15, -0.1) is 0 Å². The van der Waals surface area contributed by atoms with Crippen LogP contribution in [0.3, 0.4) is 0 Å². The largest absolute Gasteiger partial charge is 0.467 e. The number of nitrogens with zero attached hydrogens (tertiary/aromatic N) is 3. The maximum Gasteiger partial charge on any atom is 0.322 e. The molecule has 0 spiro atoms. The van der Waals surface area contributed by atoms with E-state index in [2.05, 4.69) is 10.2 Å². The fraction of sp³-hybridized carbons (Fsp3) is 0.333. The number of furan rings is 1. The van der Waals surface area contributed by atoms with Crippen LogP contribution in [-0.2, 0) is 22.6 Å². The van der Waals surface area contributed by atoms with Crippen LogP contribution in [0.2, 0.25) is 5.02 Å². The van der Waals surface area contributed by atoms with Crippen molar-refractivity contribution in [3.05, 3.63) is 89.3 Å². The molecule has 0 saturated carbocycles. The summed E-state index contributed by atoms with van der Waals surface area (Å²) in [5, 5.41) is 3.48. The van der Waals surface area contributed by atoms with Crippen LogP contribution < -0.4 is 5.32 Å². The molecule has 2 heterocycles. The Kier molecular flexibility index (Phi) is 9.38. The Balaban J connectivity index is 1.47. The van der Waals surface area contributed by atoms with E-state index in [0.29, 0.717) is 55.9 Å². The minimum atomic E-state index is -0.336. The van der Waals surface area contributed by atoms with Crippen molar-refractivity contribution in [3.63, 3.8) is 0 Å². The zero-order chi connectivity index (χ0) is 25.2. The highest BCUT2D eigenvalue weighted by Crippen LogP contribution is 2.15. The van der Waals surface area contributed by atoms with E-state index >= 15 is 0 Å². The van der Waals surface area contributed by atoms with Crippen molar-refractivity contribution in [1.29, 1.82) is 0 Å². The summed E-state index contributed by atoms with van der Waals surface area (Å²) >= 11 is 5.98. The van der Waals surface area contributed by atoms with Gasteiger partial charge >= 0.3 is 6.03 Å². The number of halogens is 1. The van der Waals surface area contributed by atoms with Crippen LogP contribution in [0.25, 0.3) is 0 Å². The highest BCUT2D eigenvalue weighted by Gasteiger charge is 2.24. The average molecular weight is 511 g/mol. The van der Waals surface area contributed by atoms with E-state index in [9.17, 15) is 9.59 Å². The van der Waals surface area contributed by atoms with Crippen LogP contribution in [0, 0.1) is 0 Å². The molecule has 190 valence electrons. The SMILES string of the molecule is O=C(CN(CCN1CCOCC1)C(=O)Nc1ccc(Cl)cc1)N(Cc1ccccc1)Cc1ccco1. The Bertz CT molecular complexity index is 1090. The second-order valence-electron chi connectivity index (χ2n) is 8.63. The molecule has 9 heteroatoms. The van der Waals surface area contributed by atoms with Crippen molar-refractivity contribution >= 4 is 29.2 Å². The topological polar surface area (TPSA) is 78.3 Å². The molecular formula is C27H31ClN4O4. The standard InChI is InChI=1S/C27H31ClN4O4/c28-23-8-10-24(11-9-23)29-27(34)31(13-12-30-14-17-35-18-15-30)21-26(33)32(20-25-7-4-16-36-25)19-22-5-2-1-3-6-22/h1-11,16H,12-15,17-21H2,(H,29,34). The molecule has 0 unspecified atom stereocenters. The van der Waals surface area contributed by atoms with Gasteiger partial charge in [-0.1, -0.05) is 41.9 Å². The number of amides is 3. The van der Waals surface area contributed by atoms with E-state index < -0.39 is 0 Å². The van der Waals surface area contributed by atoms with Gasteiger partial charge in [-0.25, -0.2) is 4.79 Å². The number of morpholine rings is 1. The van der Waals surface area contributed by atoms with E-state index in [4.69, 9.17) is 20.8 Å². The van der Waals surface area contributed by atoms with Crippen LogP contribution in [0.15, 0.2) is 77.4 Å². The first kappa shape index (κ1) is 25.8. The van der Waals surface area contributed by atoms with Gasteiger partial charge < -0.3 is 24.3 Å². The minimum Gasteiger partial charge on any atom is -0.467 e. The quantitative estimate of drug-likeness (QED) is 0.439. The number of carbonyl (C=O) groups is 2. The average Bonchev–Trinajstić information content (AvgIpc) is 3.42. The Hall–Kier alpha value is -3.33. The number of ether oxygens (including phenoxy) is 1. The van der Waals surface area contributed by atoms with Gasteiger partial charge in [0.1, 0.15) is 12.3 Å². The molecule has 0 atom stereocenters. The summed E-state index contributed by atoms with van der Waals surface area (Å²) in [6.45, 7) is 4.68. The van der Waals surface area contributed by atoms with Gasteiger partial charge in [-0.05, 0) is 42.0 Å². The second-order valence-corrected chi connectivity index (χ2v) is 9.06. The molecule has 1 aliphatic rings. The maximum absolute atomic E-state index is 13.5. The third-order valence-electron chi connectivity index (χ3n) is 5.99. The Morgan fingerprint density at radius 2 is 1.67 bits per heavy atom. The molecule has 1 N–H and O–H groups in total. The summed E-state index contributed by atoms with van der Waals surface area (Å²) in [5.74, 6) is 0.522. The van der Waals surface area contributed by atoms with Crippen molar-refractivity contribution in [2.24, 2.45) is 0 Å². The van der Waals surface area contributed by atoms with Gasteiger partial charge in [-0.2, -0.15) is 0 Å². The minimum absolute atomic E-state index is 0.0582. The summed E-state index contributed by atoms with van der Waals surface area (Å²) in [4.78, 5) is 32.3. The maximum atomic E-state index is 13.5. The lowest BCUT2D eigenvalue weighted by Crippen LogP contribution is -2.48. The van der Waals surface area contributed by atoms with E-state index in [0.717, 1.165) is 18.7 Å². The lowest BCUT2D eigenvalue weighted by molar-refractivity contribution is -0.133. The van der Waals surface area contributed by atoms with Crippen LogP contribution in [-0.4, -0.2) is 72.6 Å². The highest BCUT2D eigenvalue weighted by molar-refractivity contribution is 6.30.